The second-order valence-corrected chi connectivity index (χ2v) is 5.04. The van der Waals surface area contributed by atoms with Crippen molar-refractivity contribution >= 4 is 0 Å². The Hall–Kier alpha value is -0.0800. The lowest BCUT2D eigenvalue weighted by Crippen LogP contribution is -2.40. The lowest BCUT2D eigenvalue weighted by molar-refractivity contribution is 0.177. The largest absolute Gasteiger partial charge is 0.315 e. The van der Waals surface area contributed by atoms with Crippen molar-refractivity contribution in [3.8, 4) is 0 Å². The Labute approximate surface area is 95.4 Å². The van der Waals surface area contributed by atoms with E-state index >= 15 is 0 Å². The van der Waals surface area contributed by atoms with Gasteiger partial charge in [0.25, 0.3) is 0 Å². The van der Waals surface area contributed by atoms with Gasteiger partial charge in [-0.2, -0.15) is 0 Å². The molecule has 2 nitrogen and oxygen atoms in total. The summed E-state index contributed by atoms with van der Waals surface area (Å²) >= 11 is 0. The minimum Gasteiger partial charge on any atom is -0.315 e. The van der Waals surface area contributed by atoms with Crippen LogP contribution in [-0.2, 0) is 0 Å². The van der Waals surface area contributed by atoms with E-state index in [4.69, 9.17) is 0 Å². The van der Waals surface area contributed by atoms with Crippen LogP contribution in [0.15, 0.2) is 0 Å². The van der Waals surface area contributed by atoms with E-state index in [0.717, 1.165) is 12.0 Å². The molecule has 1 aliphatic rings. The Bertz CT molecular complexity index is 153. The van der Waals surface area contributed by atoms with E-state index in [1.165, 1.54) is 51.9 Å². The van der Waals surface area contributed by atoms with Gasteiger partial charge in [-0.05, 0) is 38.3 Å². The molecule has 1 aliphatic heterocycles. The molecule has 90 valence electrons. The molecule has 0 aromatic heterocycles. The maximum atomic E-state index is 3.47. The fraction of sp³-hybridized carbons (Fsp3) is 1.00. The molecule has 1 N–H and O–H groups in total. The van der Waals surface area contributed by atoms with Gasteiger partial charge in [0, 0.05) is 19.1 Å². The van der Waals surface area contributed by atoms with Crippen LogP contribution in [0, 0.1) is 5.92 Å². The Morgan fingerprint density at radius 3 is 2.67 bits per heavy atom. The molecule has 0 aromatic rings. The van der Waals surface area contributed by atoms with Crippen LogP contribution >= 0.6 is 0 Å². The average Bonchev–Trinajstić information content (AvgIpc) is 2.70. The zero-order valence-electron chi connectivity index (χ0n) is 10.8. The normalized spacial score (nSPS) is 23.6. The molecule has 0 amide bonds. The third kappa shape index (κ3) is 4.52. The molecule has 15 heavy (non-hydrogen) atoms. The van der Waals surface area contributed by atoms with E-state index in [1.807, 2.05) is 0 Å². The predicted octanol–water partition coefficient (Wildman–Crippen LogP) is 2.50. The fourth-order valence-corrected chi connectivity index (χ4v) is 2.65. The highest BCUT2D eigenvalue weighted by molar-refractivity contribution is 4.81. The molecular formula is C13H28N2. The minimum atomic E-state index is 0.809. The standard InChI is InChI=1S/C13H28N2/c1-4-6-12(3)11-15(9-5-2)13-7-8-14-10-13/h12-14H,4-11H2,1-3H3. The van der Waals surface area contributed by atoms with Crippen molar-refractivity contribution in [1.29, 1.82) is 0 Å². The summed E-state index contributed by atoms with van der Waals surface area (Å²) in [6.07, 6.45) is 5.33. The number of hydrogen-bond acceptors (Lipinski definition) is 2. The predicted molar refractivity (Wildman–Crippen MR) is 67.2 cm³/mol. The molecule has 1 heterocycles. The van der Waals surface area contributed by atoms with Crippen molar-refractivity contribution < 1.29 is 0 Å². The molecule has 0 radical (unpaired) electrons. The van der Waals surface area contributed by atoms with E-state index in [-0.39, 0.29) is 0 Å². The van der Waals surface area contributed by atoms with Crippen LogP contribution in [0.4, 0.5) is 0 Å². The monoisotopic (exact) mass is 212 g/mol. The van der Waals surface area contributed by atoms with Crippen molar-refractivity contribution in [2.75, 3.05) is 26.2 Å². The molecular weight excluding hydrogens is 184 g/mol. The summed E-state index contributed by atoms with van der Waals surface area (Å²) in [7, 11) is 0. The van der Waals surface area contributed by atoms with Crippen LogP contribution in [0.3, 0.4) is 0 Å². The first kappa shape index (κ1) is 13.0. The highest BCUT2D eigenvalue weighted by Gasteiger charge is 2.22. The Morgan fingerprint density at radius 2 is 2.13 bits per heavy atom. The molecule has 0 aliphatic carbocycles. The lowest BCUT2D eigenvalue weighted by Gasteiger charge is -2.30. The van der Waals surface area contributed by atoms with Gasteiger partial charge in [0.05, 0.1) is 0 Å². The smallest absolute Gasteiger partial charge is 0.0232 e. The summed E-state index contributed by atoms with van der Waals surface area (Å²) in [6.45, 7) is 12.0. The van der Waals surface area contributed by atoms with Crippen molar-refractivity contribution in [2.24, 2.45) is 5.92 Å². The molecule has 1 rings (SSSR count). The molecule has 2 heteroatoms. The van der Waals surface area contributed by atoms with E-state index in [2.05, 4.69) is 31.0 Å². The fourth-order valence-electron chi connectivity index (χ4n) is 2.65. The van der Waals surface area contributed by atoms with Gasteiger partial charge in [0.1, 0.15) is 0 Å². The molecule has 0 saturated carbocycles. The van der Waals surface area contributed by atoms with Crippen molar-refractivity contribution in [1.82, 2.24) is 10.2 Å². The molecule has 0 aromatic carbocycles. The SMILES string of the molecule is CCCC(C)CN(CCC)C1CCNC1. The Balaban J connectivity index is 2.34. The van der Waals surface area contributed by atoms with E-state index in [1.54, 1.807) is 0 Å². The van der Waals surface area contributed by atoms with Crippen LogP contribution < -0.4 is 5.32 Å². The minimum absolute atomic E-state index is 0.809. The second-order valence-electron chi connectivity index (χ2n) is 5.04. The Kier molecular flexibility index (Phi) is 6.26. The van der Waals surface area contributed by atoms with Crippen LogP contribution in [0.25, 0.3) is 0 Å². The van der Waals surface area contributed by atoms with E-state index < -0.39 is 0 Å². The summed E-state index contributed by atoms with van der Waals surface area (Å²) in [5.41, 5.74) is 0. The van der Waals surface area contributed by atoms with Gasteiger partial charge >= 0.3 is 0 Å². The van der Waals surface area contributed by atoms with Crippen LogP contribution in [0.1, 0.15) is 46.5 Å². The van der Waals surface area contributed by atoms with Gasteiger partial charge in [-0.3, -0.25) is 4.90 Å². The highest BCUT2D eigenvalue weighted by atomic mass is 15.2. The quantitative estimate of drug-likeness (QED) is 0.697. The molecule has 0 bridgehead atoms. The topological polar surface area (TPSA) is 15.3 Å². The summed E-state index contributed by atoms with van der Waals surface area (Å²) < 4.78 is 0. The van der Waals surface area contributed by atoms with Crippen LogP contribution in [0.5, 0.6) is 0 Å². The Morgan fingerprint density at radius 1 is 1.33 bits per heavy atom. The first-order valence-electron chi connectivity index (χ1n) is 6.72. The number of hydrogen-bond donors (Lipinski definition) is 1. The summed E-state index contributed by atoms with van der Waals surface area (Å²) in [5, 5.41) is 3.47. The molecule has 1 fully saturated rings. The second kappa shape index (κ2) is 7.24. The first-order valence-corrected chi connectivity index (χ1v) is 6.72. The van der Waals surface area contributed by atoms with Gasteiger partial charge < -0.3 is 5.32 Å². The lowest BCUT2D eigenvalue weighted by atomic mass is 10.0. The number of rotatable bonds is 7. The summed E-state index contributed by atoms with van der Waals surface area (Å²) in [6, 6.07) is 0.809. The first-order chi connectivity index (χ1) is 7.27. The van der Waals surface area contributed by atoms with Crippen LogP contribution in [-0.4, -0.2) is 37.1 Å². The molecule has 1 saturated heterocycles. The molecule has 0 spiro atoms. The van der Waals surface area contributed by atoms with Crippen molar-refractivity contribution in [3.63, 3.8) is 0 Å². The molecule has 2 unspecified atom stereocenters. The van der Waals surface area contributed by atoms with Gasteiger partial charge in [-0.15, -0.1) is 0 Å². The summed E-state index contributed by atoms with van der Waals surface area (Å²) in [5.74, 6) is 0.863. The van der Waals surface area contributed by atoms with E-state index in [9.17, 15) is 0 Å². The van der Waals surface area contributed by atoms with Gasteiger partial charge in [-0.25, -0.2) is 0 Å². The van der Waals surface area contributed by atoms with Crippen molar-refractivity contribution in [2.45, 2.75) is 52.5 Å². The van der Waals surface area contributed by atoms with Crippen molar-refractivity contribution in [3.05, 3.63) is 0 Å². The third-order valence-corrected chi connectivity index (χ3v) is 3.39. The highest BCUT2D eigenvalue weighted by Crippen LogP contribution is 2.14. The molecule has 2 atom stereocenters. The third-order valence-electron chi connectivity index (χ3n) is 3.39. The van der Waals surface area contributed by atoms with Gasteiger partial charge in [0.2, 0.25) is 0 Å². The van der Waals surface area contributed by atoms with Gasteiger partial charge in [0.15, 0.2) is 0 Å². The van der Waals surface area contributed by atoms with Crippen LogP contribution in [0.2, 0.25) is 0 Å². The zero-order chi connectivity index (χ0) is 11.1. The number of nitrogens with zero attached hydrogens (tertiary/aromatic N) is 1. The maximum absolute atomic E-state index is 3.47. The summed E-state index contributed by atoms with van der Waals surface area (Å²) in [4.78, 5) is 2.71. The van der Waals surface area contributed by atoms with E-state index in [0.29, 0.717) is 0 Å². The van der Waals surface area contributed by atoms with Gasteiger partial charge in [-0.1, -0.05) is 27.2 Å². The average molecular weight is 212 g/mol. The number of nitrogens with one attached hydrogen (secondary N) is 1. The zero-order valence-corrected chi connectivity index (χ0v) is 10.8. The maximum Gasteiger partial charge on any atom is 0.0232 e.